The van der Waals surface area contributed by atoms with Crippen LogP contribution in [0.5, 0.6) is 11.5 Å². The Morgan fingerprint density at radius 3 is 1.22 bits per heavy atom. The van der Waals surface area contributed by atoms with Crippen LogP contribution in [-0.2, 0) is 49.9 Å². The van der Waals surface area contributed by atoms with Gasteiger partial charge in [-0.1, -0.05) is 46.9 Å². The number of benzene rings is 4. The van der Waals surface area contributed by atoms with E-state index < -0.39 is 120 Å². The smallest absolute Gasteiger partial charge is 0.280 e. The molecule has 0 spiro atoms. The minimum absolute atomic E-state index is 0.117. The molecular formula is C44H36F6N4O10S4. The molecule has 0 aliphatic carbocycles. The van der Waals surface area contributed by atoms with Crippen LogP contribution in [0.25, 0.3) is 0 Å². The topological polar surface area (TPSA) is 189 Å². The average molecular weight is 1020 g/mol. The van der Waals surface area contributed by atoms with E-state index in [1.165, 1.54) is 0 Å². The van der Waals surface area contributed by atoms with Gasteiger partial charge in [0.25, 0.3) is 23.0 Å². The summed E-state index contributed by atoms with van der Waals surface area (Å²) in [5.74, 6) is -10.6. The first-order chi connectivity index (χ1) is 32.4. The van der Waals surface area contributed by atoms with E-state index in [0.29, 0.717) is 48.8 Å². The van der Waals surface area contributed by atoms with Gasteiger partial charge in [0.2, 0.25) is 0 Å². The fourth-order valence-corrected chi connectivity index (χ4v) is 12.4. The molecule has 4 aromatic carbocycles. The zero-order valence-corrected chi connectivity index (χ0v) is 38.2. The number of carbonyl (C=O) groups is 2. The Morgan fingerprint density at radius 1 is 0.559 bits per heavy atom. The van der Waals surface area contributed by atoms with Gasteiger partial charge in [0.15, 0.2) is 63.3 Å². The van der Waals surface area contributed by atoms with Crippen molar-refractivity contribution >= 4 is 64.4 Å². The maximum absolute atomic E-state index is 16.2. The van der Waals surface area contributed by atoms with Gasteiger partial charge in [-0.25, -0.2) is 44.4 Å². The van der Waals surface area contributed by atoms with Gasteiger partial charge in [0.1, 0.15) is 11.6 Å². The standard InChI is InChI=1S/C44H36F6N4O10S4/c45-27-5-11-35(33(47)21-27)63-43(39(55)53-41-51-23-37(49)65-41,25-1-7-29(8-2-25)67(57,58)31-13-17-61-18-14-31)44(40(56)54-42-52-24-38(50)66-42,64-36-12-6-28(46)22-34(36)48)26-3-9-30(10-4-26)68(59,60)32-15-19-62-20-16-32/h1-12,21-24,31-32H,13-20H2,(H,51,53,55)(H,52,54,56). The lowest BCUT2D eigenvalue weighted by molar-refractivity contribution is -0.173. The highest BCUT2D eigenvalue weighted by Gasteiger charge is 2.69. The van der Waals surface area contributed by atoms with Crippen molar-refractivity contribution in [3.63, 3.8) is 0 Å². The number of nitrogens with zero attached hydrogens (tertiary/aromatic N) is 2. The monoisotopic (exact) mass is 1020 g/mol. The molecule has 2 unspecified atom stereocenters. The second-order valence-electron chi connectivity index (χ2n) is 15.3. The second kappa shape index (κ2) is 19.6. The molecule has 2 saturated heterocycles. The number of carbonyl (C=O) groups excluding carboxylic acids is 2. The van der Waals surface area contributed by atoms with Gasteiger partial charge in [-0.05, 0) is 74.2 Å². The lowest BCUT2D eigenvalue weighted by Crippen LogP contribution is -2.68. The summed E-state index contributed by atoms with van der Waals surface area (Å²) in [6, 6.07) is 11.5. The summed E-state index contributed by atoms with van der Waals surface area (Å²) in [5, 5.41) is -0.165. The number of anilines is 2. The molecule has 24 heteroatoms. The van der Waals surface area contributed by atoms with E-state index in [4.69, 9.17) is 18.9 Å². The Balaban J connectivity index is 1.48. The van der Waals surface area contributed by atoms with E-state index in [9.17, 15) is 34.4 Å². The van der Waals surface area contributed by atoms with E-state index >= 15 is 18.4 Å². The lowest BCUT2D eigenvalue weighted by Gasteiger charge is -2.47. The Bertz CT molecular complexity index is 2850. The van der Waals surface area contributed by atoms with Crippen LogP contribution in [0.2, 0.25) is 0 Å². The molecule has 0 bridgehead atoms. The maximum atomic E-state index is 16.2. The van der Waals surface area contributed by atoms with Crippen molar-refractivity contribution < 1.29 is 71.7 Å². The number of thiazole rings is 2. The van der Waals surface area contributed by atoms with E-state index in [1.807, 2.05) is 0 Å². The van der Waals surface area contributed by atoms with E-state index in [0.717, 1.165) is 48.5 Å². The van der Waals surface area contributed by atoms with Gasteiger partial charge in [-0.2, -0.15) is 8.78 Å². The fourth-order valence-electron chi connectivity index (χ4n) is 7.90. The van der Waals surface area contributed by atoms with Crippen LogP contribution in [0.4, 0.5) is 36.6 Å². The molecule has 2 aliphatic heterocycles. The molecular weight excluding hydrogens is 987 g/mol. The predicted molar refractivity (Wildman–Crippen MR) is 234 cm³/mol. The van der Waals surface area contributed by atoms with Crippen LogP contribution in [0.1, 0.15) is 36.8 Å². The summed E-state index contributed by atoms with van der Waals surface area (Å²) < 4.78 is 171. The first kappa shape index (κ1) is 48.5. The molecule has 4 heterocycles. The first-order valence-corrected chi connectivity index (χ1v) is 25.1. The van der Waals surface area contributed by atoms with Crippen molar-refractivity contribution in [2.75, 3.05) is 37.1 Å². The third-order valence-electron chi connectivity index (χ3n) is 11.2. The molecule has 6 aromatic rings. The molecule has 0 radical (unpaired) electrons. The third-order valence-corrected chi connectivity index (χ3v) is 17.2. The lowest BCUT2D eigenvalue weighted by atomic mass is 9.71. The Labute approximate surface area is 392 Å². The number of amides is 2. The molecule has 14 nitrogen and oxygen atoms in total. The average Bonchev–Trinajstić information content (AvgIpc) is 3.95. The van der Waals surface area contributed by atoms with Crippen LogP contribution in [-0.4, -0.2) is 75.5 Å². The molecule has 358 valence electrons. The molecule has 2 aliphatic rings. The quantitative estimate of drug-likeness (QED) is 0.0949. The highest BCUT2D eigenvalue weighted by Crippen LogP contribution is 2.51. The molecule has 2 fully saturated rings. The predicted octanol–water partition coefficient (Wildman–Crippen LogP) is 7.87. The fraction of sp³-hybridized carbons (Fsp3) is 0.273. The summed E-state index contributed by atoms with van der Waals surface area (Å²) in [4.78, 5) is 38.6. The molecule has 2 aromatic heterocycles. The molecule has 0 saturated carbocycles. The van der Waals surface area contributed by atoms with E-state index in [2.05, 4.69) is 20.6 Å². The minimum atomic E-state index is -4.17. The summed E-state index contributed by atoms with van der Waals surface area (Å²) in [6.45, 7) is 0.527. The summed E-state index contributed by atoms with van der Waals surface area (Å²) >= 11 is 0.519. The number of aromatic nitrogens is 2. The number of hydrogen-bond donors (Lipinski definition) is 2. The van der Waals surface area contributed by atoms with Crippen molar-refractivity contribution in [2.24, 2.45) is 0 Å². The summed E-state index contributed by atoms with van der Waals surface area (Å²) in [5.41, 5.74) is -8.22. The molecule has 2 N–H and O–H groups in total. The Hall–Kier alpha value is -5.92. The van der Waals surface area contributed by atoms with Crippen molar-refractivity contribution in [1.82, 2.24) is 9.97 Å². The van der Waals surface area contributed by atoms with Crippen LogP contribution in [0.15, 0.2) is 107 Å². The third kappa shape index (κ3) is 9.44. The van der Waals surface area contributed by atoms with Gasteiger partial charge in [0, 0.05) is 49.7 Å². The number of rotatable bonds is 15. The van der Waals surface area contributed by atoms with E-state index in [-0.39, 0.29) is 84.6 Å². The highest BCUT2D eigenvalue weighted by atomic mass is 32.2. The van der Waals surface area contributed by atoms with Crippen LogP contribution in [0, 0.1) is 33.5 Å². The zero-order valence-electron chi connectivity index (χ0n) is 34.9. The second-order valence-corrected chi connectivity index (χ2v) is 21.7. The Morgan fingerprint density at radius 2 is 0.912 bits per heavy atom. The van der Waals surface area contributed by atoms with Gasteiger partial charge in [-0.3, -0.25) is 20.2 Å². The first-order valence-electron chi connectivity index (χ1n) is 20.4. The van der Waals surface area contributed by atoms with Crippen molar-refractivity contribution in [2.45, 2.75) is 57.2 Å². The van der Waals surface area contributed by atoms with Gasteiger partial charge >= 0.3 is 0 Å². The largest absolute Gasteiger partial charge is 0.464 e. The van der Waals surface area contributed by atoms with Crippen LogP contribution in [0.3, 0.4) is 0 Å². The number of sulfone groups is 2. The minimum Gasteiger partial charge on any atom is -0.464 e. The van der Waals surface area contributed by atoms with Gasteiger partial charge < -0.3 is 18.9 Å². The van der Waals surface area contributed by atoms with Crippen LogP contribution >= 0.6 is 22.7 Å². The van der Waals surface area contributed by atoms with Gasteiger partial charge in [0.05, 0.1) is 32.7 Å². The molecule has 2 amide bonds. The normalized spacial score (nSPS) is 16.9. The van der Waals surface area contributed by atoms with E-state index in [1.54, 1.807) is 0 Å². The van der Waals surface area contributed by atoms with Crippen molar-refractivity contribution in [1.29, 1.82) is 0 Å². The maximum Gasteiger partial charge on any atom is 0.280 e. The van der Waals surface area contributed by atoms with Crippen molar-refractivity contribution in [3.8, 4) is 11.5 Å². The highest BCUT2D eigenvalue weighted by molar-refractivity contribution is 7.92. The SMILES string of the molecule is O=C(Nc1ncc(F)s1)C(Oc1ccc(F)cc1F)(c1ccc(S(=O)(=O)C2CCOCC2)cc1)C(Oc1ccc(F)cc1F)(C(=O)Nc1ncc(F)s1)c1ccc(S(=O)(=O)C2CCOCC2)cc1. The summed E-state index contributed by atoms with van der Waals surface area (Å²) in [6.07, 6.45) is 1.88. The molecule has 68 heavy (non-hydrogen) atoms. The molecule has 2 atom stereocenters. The van der Waals surface area contributed by atoms with Crippen LogP contribution < -0.4 is 20.1 Å². The summed E-state index contributed by atoms with van der Waals surface area (Å²) in [7, 11) is -8.33. The number of hydrogen-bond acceptors (Lipinski definition) is 14. The number of nitrogens with one attached hydrogen (secondary N) is 2. The zero-order chi connectivity index (χ0) is 48.4. The van der Waals surface area contributed by atoms with Crippen molar-refractivity contribution in [3.05, 3.63) is 142 Å². The molecule has 8 rings (SSSR count). The van der Waals surface area contributed by atoms with Gasteiger partial charge in [-0.15, -0.1) is 0 Å². The Kier molecular flexibility index (Phi) is 14.0. The number of ether oxygens (including phenoxy) is 4. The number of halogens is 6.